The Hall–Kier alpha value is -1.57. The minimum atomic E-state index is 0. The van der Waals surface area contributed by atoms with E-state index in [1.165, 1.54) is 18.4 Å². The fourth-order valence-corrected chi connectivity index (χ4v) is 2.47. The molecule has 0 bridgehead atoms. The molecule has 0 fully saturated rings. The number of nitrogens with zero attached hydrogens (tertiary/aromatic N) is 4. The van der Waals surface area contributed by atoms with Gasteiger partial charge >= 0.3 is 0 Å². The molecular weight excluding hydrogens is 425 g/mol. The van der Waals surface area contributed by atoms with Crippen LogP contribution >= 0.6 is 24.0 Å². The van der Waals surface area contributed by atoms with Crippen LogP contribution in [-0.2, 0) is 6.42 Å². The van der Waals surface area contributed by atoms with Crippen LogP contribution in [0.5, 0.6) is 0 Å². The van der Waals surface area contributed by atoms with Crippen molar-refractivity contribution in [2.24, 2.45) is 4.99 Å². The molecule has 25 heavy (non-hydrogen) atoms. The third kappa shape index (κ3) is 7.05. The molecule has 5 nitrogen and oxygen atoms in total. The Morgan fingerprint density at radius 1 is 1.24 bits per heavy atom. The van der Waals surface area contributed by atoms with Gasteiger partial charge in [-0.25, -0.2) is 4.68 Å². The van der Waals surface area contributed by atoms with Gasteiger partial charge in [-0.05, 0) is 37.5 Å². The van der Waals surface area contributed by atoms with E-state index in [-0.39, 0.29) is 24.0 Å². The molecule has 6 heteroatoms. The molecule has 0 aliphatic carbocycles. The topological polar surface area (TPSA) is 45.5 Å². The summed E-state index contributed by atoms with van der Waals surface area (Å²) in [7, 11) is 2.10. The smallest absolute Gasteiger partial charge is 0.193 e. The first kappa shape index (κ1) is 21.5. The molecule has 2 aromatic rings. The summed E-state index contributed by atoms with van der Waals surface area (Å²) in [5.74, 6) is 0.987. The second-order valence-corrected chi connectivity index (χ2v) is 5.89. The second-order valence-electron chi connectivity index (χ2n) is 5.89. The summed E-state index contributed by atoms with van der Waals surface area (Å²) < 4.78 is 1.91. The maximum atomic E-state index is 4.74. The molecule has 2 rings (SSSR count). The Morgan fingerprint density at radius 2 is 2.00 bits per heavy atom. The summed E-state index contributed by atoms with van der Waals surface area (Å²) in [5.41, 5.74) is 2.29. The first-order chi connectivity index (χ1) is 11.7. The van der Waals surface area contributed by atoms with Gasteiger partial charge in [0, 0.05) is 32.9 Å². The van der Waals surface area contributed by atoms with Gasteiger partial charge in [0.2, 0.25) is 0 Å². The van der Waals surface area contributed by atoms with Gasteiger partial charge in [0.25, 0.3) is 0 Å². The number of aromatic nitrogens is 2. The number of guanidine groups is 1. The molecule has 1 aromatic carbocycles. The van der Waals surface area contributed by atoms with Crippen LogP contribution in [0.3, 0.4) is 0 Å². The number of benzene rings is 1. The number of rotatable bonds is 8. The van der Waals surface area contributed by atoms with Gasteiger partial charge in [0.1, 0.15) is 0 Å². The Labute approximate surface area is 168 Å². The van der Waals surface area contributed by atoms with Crippen molar-refractivity contribution >= 4 is 29.9 Å². The van der Waals surface area contributed by atoms with Crippen molar-refractivity contribution < 1.29 is 0 Å². The lowest BCUT2D eigenvalue weighted by atomic mass is 10.2. The highest BCUT2D eigenvalue weighted by molar-refractivity contribution is 14.0. The van der Waals surface area contributed by atoms with Crippen LogP contribution in [0.4, 0.5) is 0 Å². The second kappa shape index (κ2) is 11.9. The molecule has 1 N–H and O–H groups in total. The zero-order valence-corrected chi connectivity index (χ0v) is 17.8. The van der Waals surface area contributed by atoms with Crippen LogP contribution in [0.25, 0.3) is 5.69 Å². The molecule has 0 aliphatic rings. The summed E-state index contributed by atoms with van der Waals surface area (Å²) in [5, 5.41) is 7.80. The van der Waals surface area contributed by atoms with Crippen molar-refractivity contribution in [3.05, 3.63) is 48.3 Å². The molecule has 0 saturated carbocycles. The van der Waals surface area contributed by atoms with E-state index in [0.717, 1.165) is 37.7 Å². The predicted molar refractivity (Wildman–Crippen MR) is 116 cm³/mol. The molecule has 0 aliphatic heterocycles. The quantitative estimate of drug-likeness (QED) is 0.375. The lowest BCUT2D eigenvalue weighted by molar-refractivity contribution is 0.465. The van der Waals surface area contributed by atoms with Gasteiger partial charge in [0.15, 0.2) is 5.96 Å². The van der Waals surface area contributed by atoms with Crippen LogP contribution in [0.2, 0.25) is 0 Å². The van der Waals surface area contributed by atoms with E-state index in [1.807, 2.05) is 29.1 Å². The van der Waals surface area contributed by atoms with E-state index >= 15 is 0 Å². The minimum absolute atomic E-state index is 0. The molecule has 1 aromatic heterocycles. The summed E-state index contributed by atoms with van der Waals surface area (Å²) >= 11 is 0. The number of hydrogen-bond donors (Lipinski definition) is 1. The van der Waals surface area contributed by atoms with Crippen LogP contribution < -0.4 is 5.32 Å². The molecule has 0 amide bonds. The molecule has 0 spiro atoms. The van der Waals surface area contributed by atoms with E-state index < -0.39 is 0 Å². The normalized spacial score (nSPS) is 11.1. The first-order valence-electron chi connectivity index (χ1n) is 8.83. The average molecular weight is 455 g/mol. The maximum absolute atomic E-state index is 4.74. The van der Waals surface area contributed by atoms with Crippen LogP contribution in [-0.4, -0.2) is 47.3 Å². The van der Waals surface area contributed by atoms with Gasteiger partial charge in [-0.15, -0.1) is 24.0 Å². The number of aliphatic imine (C=N–C) groups is 1. The van der Waals surface area contributed by atoms with Crippen molar-refractivity contribution in [2.75, 3.05) is 26.7 Å². The highest BCUT2D eigenvalue weighted by Gasteiger charge is 2.05. The molecule has 0 radical (unpaired) electrons. The summed E-state index contributed by atoms with van der Waals surface area (Å²) in [6, 6.07) is 10.2. The van der Waals surface area contributed by atoms with Gasteiger partial charge in [-0.3, -0.25) is 4.99 Å². The van der Waals surface area contributed by atoms with E-state index in [9.17, 15) is 0 Å². The van der Waals surface area contributed by atoms with Crippen LogP contribution in [0.15, 0.2) is 47.7 Å². The van der Waals surface area contributed by atoms with Gasteiger partial charge < -0.3 is 10.2 Å². The summed E-state index contributed by atoms with van der Waals surface area (Å²) in [6.07, 6.45) is 7.28. The van der Waals surface area contributed by atoms with Crippen molar-refractivity contribution in [1.29, 1.82) is 0 Å². The van der Waals surface area contributed by atoms with Gasteiger partial charge in [0.05, 0.1) is 11.9 Å². The fourth-order valence-electron chi connectivity index (χ4n) is 2.47. The van der Waals surface area contributed by atoms with E-state index in [4.69, 9.17) is 4.99 Å². The Kier molecular flexibility index (Phi) is 10.2. The molecular formula is C19H30IN5. The van der Waals surface area contributed by atoms with Crippen LogP contribution in [0, 0.1) is 0 Å². The Balaban J connectivity index is 0.00000312. The fraction of sp³-hybridized carbons (Fsp3) is 0.474. The average Bonchev–Trinajstić information content (AvgIpc) is 3.08. The van der Waals surface area contributed by atoms with E-state index in [0.29, 0.717) is 0 Å². The lowest BCUT2D eigenvalue weighted by Gasteiger charge is -2.21. The van der Waals surface area contributed by atoms with Crippen LogP contribution in [0.1, 0.15) is 32.3 Å². The predicted octanol–water partition coefficient (Wildman–Crippen LogP) is 3.73. The number of unbranched alkanes of at least 4 members (excludes halogenated alkanes) is 1. The number of nitrogens with one attached hydrogen (secondary N) is 1. The van der Waals surface area contributed by atoms with Crippen molar-refractivity contribution in [3.8, 4) is 5.69 Å². The van der Waals surface area contributed by atoms with E-state index in [1.54, 1.807) is 0 Å². The van der Waals surface area contributed by atoms with E-state index in [2.05, 4.69) is 54.5 Å². The summed E-state index contributed by atoms with van der Waals surface area (Å²) in [4.78, 5) is 6.95. The largest absolute Gasteiger partial charge is 0.357 e. The van der Waals surface area contributed by atoms with Gasteiger partial charge in [-0.2, -0.15) is 5.10 Å². The number of para-hydroxylation sites is 1. The minimum Gasteiger partial charge on any atom is -0.357 e. The number of hydrogen-bond acceptors (Lipinski definition) is 2. The summed E-state index contributed by atoms with van der Waals surface area (Å²) in [6.45, 7) is 7.00. The van der Waals surface area contributed by atoms with Gasteiger partial charge in [-0.1, -0.05) is 31.5 Å². The molecule has 1 heterocycles. The highest BCUT2D eigenvalue weighted by Crippen LogP contribution is 2.08. The highest BCUT2D eigenvalue weighted by atomic mass is 127. The number of halogens is 1. The molecule has 0 atom stereocenters. The third-order valence-corrected chi connectivity index (χ3v) is 3.86. The molecule has 138 valence electrons. The maximum Gasteiger partial charge on any atom is 0.193 e. The Bertz CT molecular complexity index is 624. The zero-order chi connectivity index (χ0) is 17.2. The van der Waals surface area contributed by atoms with Crippen molar-refractivity contribution in [3.63, 3.8) is 0 Å². The van der Waals surface area contributed by atoms with Crippen molar-refractivity contribution in [1.82, 2.24) is 20.0 Å². The third-order valence-electron chi connectivity index (χ3n) is 3.86. The lowest BCUT2D eigenvalue weighted by Crippen LogP contribution is -2.39. The monoisotopic (exact) mass is 455 g/mol. The first-order valence-corrected chi connectivity index (χ1v) is 8.83. The standard InChI is InChI=1S/C19H29N5.HI/c1-4-6-14-23(3)19(20-5-2)21-13-12-17-15-22-24(16-17)18-10-8-7-9-11-18;/h7-11,15-16H,4-6,12-14H2,1-3H3,(H,20,21);1H. The zero-order valence-electron chi connectivity index (χ0n) is 15.5. The Morgan fingerprint density at radius 3 is 2.68 bits per heavy atom. The SMILES string of the molecule is CCCCN(C)C(=NCCc1cnn(-c2ccccc2)c1)NCC.I. The molecule has 0 saturated heterocycles. The molecule has 0 unspecified atom stereocenters. The van der Waals surface area contributed by atoms with Crippen molar-refractivity contribution in [2.45, 2.75) is 33.1 Å².